The number of nitrogens with zero attached hydrogens (tertiary/aromatic N) is 3. The predicted molar refractivity (Wildman–Crippen MR) is 87.4 cm³/mol. The monoisotopic (exact) mass is 318 g/mol. The average molecular weight is 318 g/mol. The number of nitrogens with one attached hydrogen (secondary N) is 1. The van der Waals surface area contributed by atoms with E-state index in [4.69, 9.17) is 4.98 Å². The molecule has 1 saturated carbocycles. The summed E-state index contributed by atoms with van der Waals surface area (Å²) in [5.41, 5.74) is 2.40. The van der Waals surface area contributed by atoms with E-state index >= 15 is 0 Å². The van der Waals surface area contributed by atoms with Crippen molar-refractivity contribution in [3.63, 3.8) is 0 Å². The quantitative estimate of drug-likeness (QED) is 0.925. The summed E-state index contributed by atoms with van der Waals surface area (Å²) in [6.45, 7) is 1.84. The average Bonchev–Trinajstić information content (AvgIpc) is 3.12. The highest BCUT2D eigenvalue weighted by Crippen LogP contribution is 2.27. The van der Waals surface area contributed by atoms with Gasteiger partial charge in [0.05, 0.1) is 11.4 Å². The van der Waals surface area contributed by atoms with E-state index < -0.39 is 0 Å². The van der Waals surface area contributed by atoms with Crippen LogP contribution in [0.5, 0.6) is 0 Å². The topological polar surface area (TPSA) is 49.6 Å². The maximum absolute atomic E-state index is 12.8. The van der Waals surface area contributed by atoms with Crippen LogP contribution in [0.4, 0.5) is 0 Å². The van der Waals surface area contributed by atoms with E-state index in [0.717, 1.165) is 42.2 Å². The van der Waals surface area contributed by atoms with Crippen LogP contribution < -0.4 is 5.32 Å². The smallest absolute Gasteiger partial charge is 0.265 e. The Balaban J connectivity index is 1.60. The molecule has 0 aromatic carbocycles. The number of imidazole rings is 1. The van der Waals surface area contributed by atoms with Crippen LogP contribution in [-0.4, -0.2) is 39.8 Å². The molecular formula is C16H22N4OS. The lowest BCUT2D eigenvalue weighted by Crippen LogP contribution is -2.37. The summed E-state index contributed by atoms with van der Waals surface area (Å²) < 4.78 is 2.11. The highest BCUT2D eigenvalue weighted by Gasteiger charge is 2.26. The van der Waals surface area contributed by atoms with E-state index in [1.54, 1.807) is 0 Å². The molecule has 2 aromatic heterocycles. The Morgan fingerprint density at radius 2 is 2.23 bits per heavy atom. The number of amides is 1. The van der Waals surface area contributed by atoms with Gasteiger partial charge in [0.25, 0.3) is 5.91 Å². The van der Waals surface area contributed by atoms with Crippen molar-refractivity contribution in [1.29, 1.82) is 0 Å². The molecule has 22 heavy (non-hydrogen) atoms. The maximum atomic E-state index is 12.8. The van der Waals surface area contributed by atoms with Gasteiger partial charge in [-0.05, 0) is 12.8 Å². The molecule has 0 bridgehead atoms. The Labute approximate surface area is 134 Å². The van der Waals surface area contributed by atoms with Gasteiger partial charge in [-0.25, -0.2) is 4.98 Å². The molecule has 1 N–H and O–H groups in total. The lowest BCUT2D eigenvalue weighted by molar-refractivity contribution is 0.0701. The molecule has 6 heteroatoms. The molecule has 1 amide bonds. The number of carbonyl (C=O) groups is 1. The third-order valence-corrected chi connectivity index (χ3v) is 5.96. The number of hydrogen-bond donors (Lipinski definition) is 1. The van der Waals surface area contributed by atoms with Gasteiger partial charge in [-0.15, -0.1) is 0 Å². The molecule has 5 nitrogen and oxygen atoms in total. The van der Waals surface area contributed by atoms with Gasteiger partial charge in [0, 0.05) is 38.8 Å². The van der Waals surface area contributed by atoms with Crippen LogP contribution >= 0.6 is 11.3 Å². The van der Waals surface area contributed by atoms with Crippen molar-refractivity contribution < 1.29 is 4.79 Å². The van der Waals surface area contributed by atoms with Gasteiger partial charge in [0.15, 0.2) is 4.96 Å². The largest absolute Gasteiger partial charge is 0.338 e. The second kappa shape index (κ2) is 5.66. The van der Waals surface area contributed by atoms with Crippen molar-refractivity contribution in [2.45, 2.75) is 51.1 Å². The van der Waals surface area contributed by atoms with Gasteiger partial charge in [-0.1, -0.05) is 30.6 Å². The maximum Gasteiger partial charge on any atom is 0.265 e. The fraction of sp³-hybridized carbons (Fsp3) is 0.625. The van der Waals surface area contributed by atoms with Crippen LogP contribution in [0.3, 0.4) is 0 Å². The highest BCUT2D eigenvalue weighted by atomic mass is 32.1. The Kier molecular flexibility index (Phi) is 3.66. The van der Waals surface area contributed by atoms with Crippen molar-refractivity contribution in [2.24, 2.45) is 0 Å². The number of aromatic nitrogens is 2. The molecule has 0 saturated heterocycles. The highest BCUT2D eigenvalue weighted by molar-refractivity contribution is 7.18. The van der Waals surface area contributed by atoms with Crippen LogP contribution in [0.25, 0.3) is 4.96 Å². The summed E-state index contributed by atoms with van der Waals surface area (Å²) in [5.74, 6) is 0.153. The van der Waals surface area contributed by atoms with Crippen molar-refractivity contribution in [3.8, 4) is 0 Å². The predicted octanol–water partition coefficient (Wildman–Crippen LogP) is 2.45. The van der Waals surface area contributed by atoms with E-state index in [0.29, 0.717) is 6.04 Å². The van der Waals surface area contributed by atoms with Crippen molar-refractivity contribution in [2.75, 3.05) is 13.6 Å². The molecule has 4 rings (SSSR count). The Hall–Kier alpha value is -1.40. The molecule has 3 heterocycles. The fourth-order valence-electron chi connectivity index (χ4n) is 3.64. The van der Waals surface area contributed by atoms with Gasteiger partial charge < -0.3 is 10.2 Å². The molecule has 0 spiro atoms. The number of carbonyl (C=O) groups excluding carboxylic acids is 1. The zero-order valence-corrected chi connectivity index (χ0v) is 13.8. The zero-order chi connectivity index (χ0) is 15.1. The molecule has 0 atom stereocenters. The molecule has 2 aromatic rings. The summed E-state index contributed by atoms with van der Waals surface area (Å²) in [5, 5.41) is 3.38. The second-order valence-electron chi connectivity index (χ2n) is 6.39. The minimum atomic E-state index is 0.153. The first kappa shape index (κ1) is 14.2. The van der Waals surface area contributed by atoms with E-state index in [9.17, 15) is 4.79 Å². The Morgan fingerprint density at radius 1 is 1.41 bits per heavy atom. The summed E-state index contributed by atoms with van der Waals surface area (Å²) >= 11 is 1.52. The van der Waals surface area contributed by atoms with Crippen LogP contribution in [0.15, 0.2) is 6.20 Å². The van der Waals surface area contributed by atoms with Crippen LogP contribution in [-0.2, 0) is 13.0 Å². The molecule has 0 radical (unpaired) electrons. The van der Waals surface area contributed by atoms with Crippen LogP contribution in [0, 0.1) is 0 Å². The summed E-state index contributed by atoms with van der Waals surface area (Å²) in [6, 6.07) is 0.409. The molecule has 1 fully saturated rings. The summed E-state index contributed by atoms with van der Waals surface area (Å²) in [7, 11) is 1.96. The SMILES string of the molecule is CN(C(=O)c1cn2c3c(nc2s1)CCNC3)C1CCCCC1. The van der Waals surface area contributed by atoms with Gasteiger partial charge in [-0.2, -0.15) is 0 Å². The number of thiazole rings is 1. The number of hydrogen-bond acceptors (Lipinski definition) is 4. The van der Waals surface area contributed by atoms with E-state index in [1.165, 1.54) is 42.0 Å². The molecule has 118 valence electrons. The molecular weight excluding hydrogens is 296 g/mol. The Morgan fingerprint density at radius 3 is 3.05 bits per heavy atom. The number of fused-ring (bicyclic) bond motifs is 3. The van der Waals surface area contributed by atoms with Gasteiger partial charge >= 0.3 is 0 Å². The first-order valence-corrected chi connectivity index (χ1v) is 9.03. The third kappa shape index (κ3) is 2.34. The third-order valence-electron chi connectivity index (χ3n) is 4.99. The van der Waals surface area contributed by atoms with E-state index in [1.807, 2.05) is 18.1 Å². The van der Waals surface area contributed by atoms with Gasteiger partial charge in [0.2, 0.25) is 0 Å². The summed E-state index contributed by atoms with van der Waals surface area (Å²) in [6.07, 6.45) is 9.05. The normalized spacial score (nSPS) is 19.3. The molecule has 0 unspecified atom stereocenters. The lowest BCUT2D eigenvalue weighted by atomic mass is 9.94. The second-order valence-corrected chi connectivity index (χ2v) is 7.40. The van der Waals surface area contributed by atoms with Crippen LogP contribution in [0.1, 0.15) is 53.2 Å². The number of rotatable bonds is 2. The van der Waals surface area contributed by atoms with E-state index in [2.05, 4.69) is 9.72 Å². The minimum absolute atomic E-state index is 0.153. The van der Waals surface area contributed by atoms with Crippen molar-refractivity contribution in [3.05, 3.63) is 22.5 Å². The molecule has 1 aliphatic carbocycles. The lowest BCUT2D eigenvalue weighted by Gasteiger charge is -2.30. The molecule has 2 aliphatic rings. The first-order valence-electron chi connectivity index (χ1n) is 8.21. The standard InChI is InChI=1S/C16H22N4OS/c1-19(11-5-3-2-4-6-11)15(21)14-10-20-13-9-17-8-7-12(13)18-16(20)22-14/h10-11,17H,2-9H2,1H3. The Bertz CT molecular complexity index is 698. The zero-order valence-electron chi connectivity index (χ0n) is 13.0. The van der Waals surface area contributed by atoms with Gasteiger partial charge in [-0.3, -0.25) is 9.20 Å². The van der Waals surface area contributed by atoms with Crippen LogP contribution in [0.2, 0.25) is 0 Å². The molecule has 1 aliphatic heterocycles. The fourth-order valence-corrected chi connectivity index (χ4v) is 4.65. The van der Waals surface area contributed by atoms with Crippen molar-refractivity contribution in [1.82, 2.24) is 19.6 Å². The van der Waals surface area contributed by atoms with E-state index in [-0.39, 0.29) is 5.91 Å². The first-order chi connectivity index (χ1) is 10.7. The van der Waals surface area contributed by atoms with Gasteiger partial charge in [0.1, 0.15) is 4.88 Å². The minimum Gasteiger partial charge on any atom is -0.338 e. The van der Waals surface area contributed by atoms with Crippen molar-refractivity contribution >= 4 is 22.2 Å². The summed E-state index contributed by atoms with van der Waals surface area (Å²) in [4.78, 5) is 21.2.